The summed E-state index contributed by atoms with van der Waals surface area (Å²) < 4.78 is 0. The number of hydrogen-bond acceptors (Lipinski definition) is 2. The topological polar surface area (TPSA) is 35.6 Å². The normalized spacial score (nSPS) is 28.3. The van der Waals surface area contributed by atoms with E-state index in [-0.39, 0.29) is 6.03 Å². The van der Waals surface area contributed by atoms with Crippen molar-refractivity contribution in [2.75, 3.05) is 40.3 Å². The van der Waals surface area contributed by atoms with Gasteiger partial charge in [0, 0.05) is 20.1 Å². The molecule has 4 nitrogen and oxygen atoms in total. The van der Waals surface area contributed by atoms with Crippen molar-refractivity contribution in [2.45, 2.75) is 45.4 Å². The minimum atomic E-state index is 0.118. The number of likely N-dealkylation sites (tertiary alicyclic amines) is 1. The molecular weight excluding hydrogens is 262 g/mol. The lowest BCUT2D eigenvalue weighted by Gasteiger charge is -2.32. The van der Waals surface area contributed by atoms with Crippen LogP contribution in [0.3, 0.4) is 0 Å². The van der Waals surface area contributed by atoms with Gasteiger partial charge in [0.1, 0.15) is 0 Å². The van der Waals surface area contributed by atoms with Gasteiger partial charge in [-0.3, -0.25) is 0 Å². The monoisotopic (exact) mass is 295 g/mol. The van der Waals surface area contributed by atoms with Gasteiger partial charge in [0.05, 0.1) is 0 Å². The molecule has 0 aromatic heterocycles. The molecule has 2 aliphatic rings. The third-order valence-electron chi connectivity index (χ3n) is 5.30. The lowest BCUT2D eigenvalue weighted by molar-refractivity contribution is 0.167. The average Bonchev–Trinajstić information content (AvgIpc) is 2.47. The van der Waals surface area contributed by atoms with Crippen LogP contribution in [0.5, 0.6) is 0 Å². The molecule has 2 fully saturated rings. The number of amides is 2. The molecule has 1 N–H and O–H groups in total. The van der Waals surface area contributed by atoms with E-state index in [9.17, 15) is 4.79 Å². The van der Waals surface area contributed by atoms with E-state index in [2.05, 4.69) is 24.2 Å². The maximum Gasteiger partial charge on any atom is 0.317 e. The van der Waals surface area contributed by atoms with E-state index in [1.807, 2.05) is 11.9 Å². The van der Waals surface area contributed by atoms with E-state index >= 15 is 0 Å². The van der Waals surface area contributed by atoms with Gasteiger partial charge in [-0.05, 0) is 63.6 Å². The van der Waals surface area contributed by atoms with Crippen molar-refractivity contribution in [2.24, 2.45) is 17.8 Å². The van der Waals surface area contributed by atoms with Crippen molar-refractivity contribution in [3.63, 3.8) is 0 Å². The summed E-state index contributed by atoms with van der Waals surface area (Å²) in [6.45, 7) is 6.43. The van der Waals surface area contributed by atoms with E-state index in [0.717, 1.165) is 19.0 Å². The molecule has 1 heterocycles. The lowest BCUT2D eigenvalue weighted by atomic mass is 9.82. The quantitative estimate of drug-likeness (QED) is 0.865. The van der Waals surface area contributed by atoms with E-state index in [0.29, 0.717) is 11.8 Å². The molecule has 1 saturated heterocycles. The minimum absolute atomic E-state index is 0.118. The van der Waals surface area contributed by atoms with Crippen molar-refractivity contribution in [3.05, 3.63) is 0 Å². The zero-order chi connectivity index (χ0) is 15.2. The fourth-order valence-corrected chi connectivity index (χ4v) is 3.83. The van der Waals surface area contributed by atoms with Gasteiger partial charge in [0.25, 0.3) is 0 Å². The first-order chi connectivity index (χ1) is 10.0. The van der Waals surface area contributed by atoms with Crippen molar-refractivity contribution in [1.29, 1.82) is 0 Å². The Balaban J connectivity index is 1.65. The Labute approximate surface area is 130 Å². The molecule has 2 amide bonds. The number of hydrogen-bond donors (Lipinski definition) is 1. The molecule has 0 unspecified atom stereocenters. The van der Waals surface area contributed by atoms with Gasteiger partial charge >= 0.3 is 6.03 Å². The van der Waals surface area contributed by atoms with Gasteiger partial charge in [-0.2, -0.15) is 0 Å². The summed E-state index contributed by atoms with van der Waals surface area (Å²) in [6.07, 6.45) is 7.68. The molecule has 2 rings (SSSR count). The van der Waals surface area contributed by atoms with Gasteiger partial charge in [-0.25, -0.2) is 4.79 Å². The Morgan fingerprint density at radius 1 is 1.19 bits per heavy atom. The minimum Gasteiger partial charge on any atom is -0.338 e. The predicted octanol–water partition coefficient (Wildman–Crippen LogP) is 2.80. The summed E-state index contributed by atoms with van der Waals surface area (Å²) in [6, 6.07) is 0.118. The summed E-state index contributed by atoms with van der Waals surface area (Å²) in [5.74, 6) is 2.19. The molecule has 4 heteroatoms. The molecular formula is C17H33N3O. The molecule has 0 aromatic rings. The molecule has 1 saturated carbocycles. The Hall–Kier alpha value is -0.770. The summed E-state index contributed by atoms with van der Waals surface area (Å²) in [7, 11) is 4.12. The summed E-state index contributed by atoms with van der Waals surface area (Å²) in [5.41, 5.74) is 0. The summed E-state index contributed by atoms with van der Waals surface area (Å²) >= 11 is 0. The number of carbonyl (C=O) groups excluding carboxylic acids is 1. The van der Waals surface area contributed by atoms with Crippen molar-refractivity contribution < 1.29 is 4.79 Å². The van der Waals surface area contributed by atoms with Crippen molar-refractivity contribution in [3.8, 4) is 0 Å². The van der Waals surface area contributed by atoms with Gasteiger partial charge in [0.2, 0.25) is 0 Å². The first-order valence-corrected chi connectivity index (χ1v) is 8.72. The third-order valence-corrected chi connectivity index (χ3v) is 5.30. The first-order valence-electron chi connectivity index (χ1n) is 8.72. The largest absolute Gasteiger partial charge is 0.338 e. The van der Waals surface area contributed by atoms with E-state index in [1.54, 1.807) is 0 Å². The number of piperidine rings is 1. The number of carbonyl (C=O) groups is 1. The van der Waals surface area contributed by atoms with Crippen LogP contribution in [0.25, 0.3) is 0 Å². The van der Waals surface area contributed by atoms with Gasteiger partial charge in [-0.1, -0.05) is 19.8 Å². The van der Waals surface area contributed by atoms with Crippen LogP contribution in [-0.4, -0.2) is 56.1 Å². The second-order valence-electron chi connectivity index (χ2n) is 7.45. The highest BCUT2D eigenvalue weighted by molar-refractivity contribution is 5.73. The molecule has 0 bridgehead atoms. The van der Waals surface area contributed by atoms with E-state index < -0.39 is 0 Å². The second kappa shape index (κ2) is 8.02. The van der Waals surface area contributed by atoms with E-state index in [1.165, 1.54) is 51.6 Å². The van der Waals surface area contributed by atoms with Crippen LogP contribution < -0.4 is 5.32 Å². The van der Waals surface area contributed by atoms with Gasteiger partial charge in [0.15, 0.2) is 0 Å². The second-order valence-corrected chi connectivity index (χ2v) is 7.45. The van der Waals surface area contributed by atoms with Crippen LogP contribution in [0.1, 0.15) is 45.4 Å². The maximum atomic E-state index is 12.2. The number of urea groups is 1. The smallest absolute Gasteiger partial charge is 0.317 e. The molecule has 122 valence electrons. The van der Waals surface area contributed by atoms with Crippen LogP contribution in [-0.2, 0) is 0 Å². The molecule has 0 spiro atoms. The predicted molar refractivity (Wildman–Crippen MR) is 87.4 cm³/mol. The number of nitrogens with zero attached hydrogens (tertiary/aromatic N) is 2. The zero-order valence-electron chi connectivity index (χ0n) is 14.1. The van der Waals surface area contributed by atoms with Crippen LogP contribution in [0.4, 0.5) is 4.79 Å². The first kappa shape index (κ1) is 16.6. The standard InChI is InChI=1S/C17H33N3O/c1-14-5-4-6-16(11-14)12-18-17(21)20(3)13-15-7-9-19(2)10-8-15/h14-16H,4-13H2,1-3H3,(H,18,21)/t14-,16-/m1/s1. The highest BCUT2D eigenvalue weighted by atomic mass is 16.2. The molecule has 0 radical (unpaired) electrons. The SMILES string of the molecule is C[C@@H]1CCC[C@@H](CNC(=O)N(C)CC2CCN(C)CC2)C1. The molecule has 21 heavy (non-hydrogen) atoms. The van der Waals surface area contributed by atoms with Crippen LogP contribution in [0.2, 0.25) is 0 Å². The van der Waals surface area contributed by atoms with Crippen molar-refractivity contribution >= 4 is 6.03 Å². The molecule has 1 aliphatic heterocycles. The highest BCUT2D eigenvalue weighted by Gasteiger charge is 2.22. The summed E-state index contributed by atoms with van der Waals surface area (Å²) in [5, 5.41) is 3.15. The number of nitrogens with one attached hydrogen (secondary N) is 1. The van der Waals surface area contributed by atoms with Gasteiger partial charge < -0.3 is 15.1 Å². The molecule has 1 aliphatic carbocycles. The van der Waals surface area contributed by atoms with Gasteiger partial charge in [-0.15, -0.1) is 0 Å². The average molecular weight is 295 g/mol. The fourth-order valence-electron chi connectivity index (χ4n) is 3.83. The zero-order valence-corrected chi connectivity index (χ0v) is 14.1. The summed E-state index contributed by atoms with van der Waals surface area (Å²) in [4.78, 5) is 16.5. The maximum absolute atomic E-state index is 12.2. The van der Waals surface area contributed by atoms with Crippen LogP contribution in [0.15, 0.2) is 0 Å². The number of rotatable bonds is 4. The Morgan fingerprint density at radius 3 is 2.57 bits per heavy atom. The van der Waals surface area contributed by atoms with Crippen LogP contribution >= 0.6 is 0 Å². The van der Waals surface area contributed by atoms with Crippen LogP contribution in [0, 0.1) is 17.8 Å². The fraction of sp³-hybridized carbons (Fsp3) is 0.941. The Morgan fingerprint density at radius 2 is 1.90 bits per heavy atom. The third kappa shape index (κ3) is 5.50. The Kier molecular flexibility index (Phi) is 6.34. The van der Waals surface area contributed by atoms with Crippen molar-refractivity contribution in [1.82, 2.24) is 15.1 Å². The lowest BCUT2D eigenvalue weighted by Crippen LogP contribution is -2.43. The molecule has 2 atom stereocenters. The highest BCUT2D eigenvalue weighted by Crippen LogP contribution is 2.27. The van der Waals surface area contributed by atoms with E-state index in [4.69, 9.17) is 0 Å². The Bertz CT molecular complexity index is 326. The molecule has 0 aromatic carbocycles.